The monoisotopic (exact) mass is 262 g/mol. The van der Waals surface area contributed by atoms with Crippen molar-refractivity contribution in [3.05, 3.63) is 0 Å². The summed E-state index contributed by atoms with van der Waals surface area (Å²) in [5, 5.41) is 8.48. The maximum absolute atomic E-state index is 10.8. The van der Waals surface area contributed by atoms with Crippen molar-refractivity contribution in [3.63, 3.8) is 0 Å². The predicted molar refractivity (Wildman–Crippen MR) is 53.9 cm³/mol. The Bertz CT molecular complexity index is 240. The minimum absolute atomic E-state index is 0. The van der Waals surface area contributed by atoms with E-state index < -0.39 is 21.5 Å². The van der Waals surface area contributed by atoms with Gasteiger partial charge in [0, 0.05) is 0 Å². The topological polar surface area (TPSA) is 77.4 Å². The van der Waals surface area contributed by atoms with Crippen molar-refractivity contribution in [2.45, 2.75) is 57.3 Å². The Morgan fingerprint density at radius 2 is 1.67 bits per heavy atom. The molecule has 1 N–H and O–H groups in total. The molecule has 6 heteroatoms. The van der Waals surface area contributed by atoms with Crippen molar-refractivity contribution >= 4 is 10.1 Å². The van der Waals surface area contributed by atoms with Gasteiger partial charge in [-0.25, -0.2) is 8.42 Å². The van der Waals surface area contributed by atoms with E-state index in [0.717, 1.165) is 6.42 Å². The van der Waals surface area contributed by atoms with Gasteiger partial charge >= 0.3 is 51.4 Å². The van der Waals surface area contributed by atoms with Gasteiger partial charge in [0.1, 0.15) is 0 Å². The van der Waals surface area contributed by atoms with Crippen LogP contribution in [-0.4, -0.2) is 29.4 Å². The van der Waals surface area contributed by atoms with Crippen molar-refractivity contribution in [2.75, 3.05) is 0 Å². The minimum Gasteiger partial charge on any atom is -0.748 e. The standard InChI is InChI=1S/C9H20O4S.K/c1-3-5-8(10)7-9(6-4-2)14(11,12)13;/h8-10H,3-7H2,1-2H3,(H,11,12,13);/q;+1/p-1. The molecule has 0 aliphatic heterocycles. The van der Waals surface area contributed by atoms with Gasteiger partial charge in [-0.1, -0.05) is 26.7 Å². The van der Waals surface area contributed by atoms with Crippen molar-refractivity contribution in [1.29, 1.82) is 0 Å². The van der Waals surface area contributed by atoms with Crippen LogP contribution in [-0.2, 0) is 10.1 Å². The van der Waals surface area contributed by atoms with Gasteiger partial charge < -0.3 is 9.66 Å². The van der Waals surface area contributed by atoms with E-state index in [9.17, 15) is 18.1 Å². The first kappa shape index (κ1) is 18.9. The second-order valence-electron chi connectivity index (χ2n) is 3.58. The molecule has 0 heterocycles. The molecule has 2 unspecified atom stereocenters. The van der Waals surface area contributed by atoms with E-state index in [0.29, 0.717) is 19.3 Å². The van der Waals surface area contributed by atoms with E-state index in [-0.39, 0.29) is 57.8 Å². The van der Waals surface area contributed by atoms with Gasteiger partial charge in [0.15, 0.2) is 0 Å². The third-order valence-corrected chi connectivity index (χ3v) is 3.42. The van der Waals surface area contributed by atoms with Crippen LogP contribution in [0.2, 0.25) is 0 Å². The maximum Gasteiger partial charge on any atom is 1.00 e. The third-order valence-electron chi connectivity index (χ3n) is 2.18. The molecule has 0 aliphatic rings. The fraction of sp³-hybridized carbons (Fsp3) is 1.00. The second kappa shape index (κ2) is 9.53. The molecule has 0 aromatic heterocycles. The predicted octanol–water partition coefficient (Wildman–Crippen LogP) is -1.74. The summed E-state index contributed by atoms with van der Waals surface area (Å²) in [6.45, 7) is 3.73. The molecule has 0 aromatic carbocycles. The van der Waals surface area contributed by atoms with Crippen LogP contribution in [0.25, 0.3) is 0 Å². The van der Waals surface area contributed by atoms with E-state index >= 15 is 0 Å². The SMILES string of the molecule is CCCC(O)CC(CCC)S(=O)(=O)[O-].[K+]. The Morgan fingerprint density at radius 1 is 1.20 bits per heavy atom. The van der Waals surface area contributed by atoms with Gasteiger partial charge in [0.25, 0.3) is 0 Å². The summed E-state index contributed by atoms with van der Waals surface area (Å²) < 4.78 is 32.4. The minimum atomic E-state index is -4.25. The maximum atomic E-state index is 10.8. The molecule has 15 heavy (non-hydrogen) atoms. The van der Waals surface area contributed by atoms with Crippen molar-refractivity contribution in [3.8, 4) is 0 Å². The molecule has 0 radical (unpaired) electrons. The first-order chi connectivity index (χ1) is 6.41. The van der Waals surface area contributed by atoms with Crippen LogP contribution >= 0.6 is 0 Å². The van der Waals surface area contributed by atoms with Gasteiger partial charge in [-0.2, -0.15) is 0 Å². The Hall–Kier alpha value is 1.51. The molecular formula is C9H19KO4S. The van der Waals surface area contributed by atoms with Crippen LogP contribution in [0.3, 0.4) is 0 Å². The van der Waals surface area contributed by atoms with Crippen molar-refractivity contribution < 1.29 is 69.5 Å². The molecule has 0 bridgehead atoms. The first-order valence-corrected chi connectivity index (χ1v) is 6.51. The molecule has 86 valence electrons. The van der Waals surface area contributed by atoms with Crippen LogP contribution in [0.4, 0.5) is 0 Å². The van der Waals surface area contributed by atoms with E-state index in [1.165, 1.54) is 0 Å². The van der Waals surface area contributed by atoms with Gasteiger partial charge in [0.05, 0.1) is 21.5 Å². The molecule has 0 aromatic rings. The van der Waals surface area contributed by atoms with Crippen LogP contribution in [0, 0.1) is 0 Å². The van der Waals surface area contributed by atoms with Crippen LogP contribution in [0.1, 0.15) is 46.0 Å². The van der Waals surface area contributed by atoms with E-state index in [1.54, 1.807) is 0 Å². The average molecular weight is 262 g/mol. The van der Waals surface area contributed by atoms with Crippen molar-refractivity contribution in [2.24, 2.45) is 0 Å². The molecule has 0 saturated carbocycles. The summed E-state index contributed by atoms with van der Waals surface area (Å²) in [6.07, 6.45) is 1.74. The van der Waals surface area contributed by atoms with Crippen LogP contribution < -0.4 is 51.4 Å². The Balaban J connectivity index is 0. The quantitative estimate of drug-likeness (QED) is 0.436. The van der Waals surface area contributed by atoms with E-state index in [1.807, 2.05) is 13.8 Å². The third kappa shape index (κ3) is 9.23. The number of rotatable bonds is 7. The van der Waals surface area contributed by atoms with E-state index in [2.05, 4.69) is 0 Å². The molecule has 4 nitrogen and oxygen atoms in total. The molecule has 2 atom stereocenters. The summed E-state index contributed by atoms with van der Waals surface area (Å²) >= 11 is 0. The Labute approximate surface area is 135 Å². The van der Waals surface area contributed by atoms with Gasteiger partial charge in [0.2, 0.25) is 0 Å². The summed E-state index contributed by atoms with van der Waals surface area (Å²) in [5.41, 5.74) is 0. The van der Waals surface area contributed by atoms with Crippen LogP contribution in [0.5, 0.6) is 0 Å². The number of aliphatic hydroxyl groups excluding tert-OH is 1. The van der Waals surface area contributed by atoms with E-state index in [4.69, 9.17) is 0 Å². The average Bonchev–Trinajstić information content (AvgIpc) is 2.02. The zero-order valence-corrected chi connectivity index (χ0v) is 13.7. The number of hydrogen-bond donors (Lipinski definition) is 1. The molecular weight excluding hydrogens is 243 g/mol. The Kier molecular flexibility index (Phi) is 12.0. The zero-order chi connectivity index (χ0) is 11.2. The summed E-state index contributed by atoms with van der Waals surface area (Å²) in [7, 11) is -4.25. The normalized spacial score (nSPS) is 15.5. The smallest absolute Gasteiger partial charge is 0.748 e. The summed E-state index contributed by atoms with van der Waals surface area (Å²) in [4.78, 5) is 0. The molecule has 0 amide bonds. The van der Waals surface area contributed by atoms with Gasteiger partial charge in [-0.05, 0) is 19.3 Å². The molecule has 0 rings (SSSR count). The molecule has 0 spiro atoms. The van der Waals surface area contributed by atoms with Crippen LogP contribution in [0.15, 0.2) is 0 Å². The molecule has 0 fully saturated rings. The summed E-state index contributed by atoms with van der Waals surface area (Å²) in [6, 6.07) is 0. The molecule has 0 aliphatic carbocycles. The number of hydrogen-bond acceptors (Lipinski definition) is 4. The fourth-order valence-corrected chi connectivity index (χ4v) is 2.44. The second-order valence-corrected chi connectivity index (χ2v) is 5.23. The Morgan fingerprint density at radius 3 is 2.00 bits per heavy atom. The van der Waals surface area contributed by atoms with Crippen molar-refractivity contribution in [1.82, 2.24) is 0 Å². The zero-order valence-electron chi connectivity index (χ0n) is 9.77. The fourth-order valence-electron chi connectivity index (χ4n) is 1.46. The first-order valence-electron chi connectivity index (χ1n) is 5.04. The van der Waals surface area contributed by atoms with Gasteiger partial charge in [-0.3, -0.25) is 0 Å². The largest absolute Gasteiger partial charge is 1.00 e. The van der Waals surface area contributed by atoms with Gasteiger partial charge in [-0.15, -0.1) is 0 Å². The number of aliphatic hydroxyl groups is 1. The molecule has 0 saturated heterocycles. The summed E-state index contributed by atoms with van der Waals surface area (Å²) in [5.74, 6) is 0.